The van der Waals surface area contributed by atoms with Gasteiger partial charge in [0.05, 0.1) is 11.4 Å². The quantitative estimate of drug-likeness (QED) is 0.841. The summed E-state index contributed by atoms with van der Waals surface area (Å²) in [6, 6.07) is 0.883. The lowest BCUT2D eigenvalue weighted by Crippen LogP contribution is -2.29. The van der Waals surface area contributed by atoms with Crippen LogP contribution in [0, 0.1) is 0 Å². The summed E-state index contributed by atoms with van der Waals surface area (Å²) < 4.78 is 48.0. The van der Waals surface area contributed by atoms with E-state index in [9.17, 15) is 22.0 Å². The first-order chi connectivity index (χ1) is 7.33. The van der Waals surface area contributed by atoms with Crippen LogP contribution in [0.2, 0.25) is 5.02 Å². The van der Waals surface area contributed by atoms with Crippen LogP contribution in [0.15, 0.2) is 22.0 Å². The van der Waals surface area contributed by atoms with Gasteiger partial charge in [0.1, 0.15) is 5.02 Å². The number of nitrogens with one attached hydrogen (secondary N) is 2. The molecule has 90 valence electrons. The lowest BCUT2D eigenvalue weighted by atomic mass is 10.5. The molecule has 2 N–H and O–H groups in total. The molecule has 5 nitrogen and oxygen atoms in total. The van der Waals surface area contributed by atoms with Gasteiger partial charge in [-0.1, -0.05) is 11.6 Å². The van der Waals surface area contributed by atoms with Crippen LogP contribution in [0.4, 0.5) is 8.78 Å². The second kappa shape index (κ2) is 4.89. The minimum atomic E-state index is -4.08. The average molecular weight is 273 g/mol. The summed E-state index contributed by atoms with van der Waals surface area (Å²) >= 11 is 5.40. The molecular formula is C7H7ClF2N2O3S. The summed E-state index contributed by atoms with van der Waals surface area (Å²) in [6.07, 6.45) is -1.92. The zero-order valence-corrected chi connectivity index (χ0v) is 9.28. The van der Waals surface area contributed by atoms with Gasteiger partial charge in [0.15, 0.2) is 0 Å². The lowest BCUT2D eigenvalue weighted by Gasteiger charge is -2.05. The van der Waals surface area contributed by atoms with E-state index in [0.29, 0.717) is 0 Å². The molecule has 1 aromatic rings. The number of halogens is 3. The third-order valence-corrected chi connectivity index (χ3v) is 3.25. The molecule has 0 spiro atoms. The largest absolute Gasteiger partial charge is 0.326 e. The molecule has 0 bridgehead atoms. The van der Waals surface area contributed by atoms with Crippen LogP contribution in [0.1, 0.15) is 0 Å². The normalized spacial score (nSPS) is 12.0. The molecular weight excluding hydrogens is 266 g/mol. The molecule has 0 unspecified atom stereocenters. The lowest BCUT2D eigenvalue weighted by molar-refractivity contribution is 0.153. The maximum absolute atomic E-state index is 11.8. The Balaban J connectivity index is 2.99. The van der Waals surface area contributed by atoms with Crippen molar-refractivity contribution in [1.29, 1.82) is 0 Å². The number of sulfonamides is 1. The molecule has 16 heavy (non-hydrogen) atoms. The maximum Gasteiger partial charge on any atom is 0.266 e. The van der Waals surface area contributed by atoms with Crippen molar-refractivity contribution >= 4 is 21.6 Å². The summed E-state index contributed by atoms with van der Waals surface area (Å²) in [6.45, 7) is -1.00. The highest BCUT2D eigenvalue weighted by atomic mass is 35.5. The topological polar surface area (TPSA) is 79.0 Å². The summed E-state index contributed by atoms with van der Waals surface area (Å²) in [5, 5.41) is -0.333. The van der Waals surface area contributed by atoms with Crippen LogP contribution >= 0.6 is 11.6 Å². The predicted molar refractivity (Wildman–Crippen MR) is 53.3 cm³/mol. The van der Waals surface area contributed by atoms with Crippen molar-refractivity contribution in [3.05, 3.63) is 27.6 Å². The van der Waals surface area contributed by atoms with Crippen LogP contribution in [-0.2, 0) is 10.0 Å². The molecule has 0 radical (unpaired) electrons. The fourth-order valence-corrected chi connectivity index (χ4v) is 2.08. The Morgan fingerprint density at radius 2 is 2.12 bits per heavy atom. The molecule has 0 amide bonds. The second-order valence-corrected chi connectivity index (χ2v) is 4.93. The smallest absolute Gasteiger partial charge is 0.266 e. The van der Waals surface area contributed by atoms with Gasteiger partial charge in [-0.15, -0.1) is 0 Å². The van der Waals surface area contributed by atoms with Gasteiger partial charge in [-0.2, -0.15) is 0 Å². The highest BCUT2D eigenvalue weighted by Gasteiger charge is 2.17. The van der Waals surface area contributed by atoms with Gasteiger partial charge in [0.2, 0.25) is 10.0 Å². The van der Waals surface area contributed by atoms with Crippen molar-refractivity contribution in [1.82, 2.24) is 9.71 Å². The predicted octanol–water partition coefficient (Wildman–Crippen LogP) is 0.572. The van der Waals surface area contributed by atoms with Crippen LogP contribution in [0.3, 0.4) is 0 Å². The number of aromatic nitrogens is 1. The molecule has 0 aliphatic rings. The van der Waals surface area contributed by atoms with E-state index in [1.807, 2.05) is 0 Å². The minimum absolute atomic E-state index is 0.333. The van der Waals surface area contributed by atoms with E-state index in [4.69, 9.17) is 11.6 Å². The van der Waals surface area contributed by atoms with Gasteiger partial charge in [0, 0.05) is 6.20 Å². The molecule has 1 heterocycles. The SMILES string of the molecule is O=c1[nH]cc(S(=O)(=O)NCC(F)F)cc1Cl. The Labute approximate surface area is 94.5 Å². The van der Waals surface area contributed by atoms with Crippen LogP contribution in [0.25, 0.3) is 0 Å². The van der Waals surface area contributed by atoms with Gasteiger partial charge >= 0.3 is 0 Å². The molecule has 0 atom stereocenters. The Morgan fingerprint density at radius 1 is 1.50 bits per heavy atom. The Morgan fingerprint density at radius 3 is 2.62 bits per heavy atom. The monoisotopic (exact) mass is 272 g/mol. The van der Waals surface area contributed by atoms with E-state index in [2.05, 4.69) is 4.98 Å². The fourth-order valence-electron chi connectivity index (χ4n) is 0.849. The number of hydrogen-bond acceptors (Lipinski definition) is 3. The van der Waals surface area contributed by atoms with Gasteiger partial charge in [-0.05, 0) is 6.07 Å². The second-order valence-electron chi connectivity index (χ2n) is 2.76. The van der Waals surface area contributed by atoms with Crippen LogP contribution in [-0.4, -0.2) is 26.4 Å². The van der Waals surface area contributed by atoms with Gasteiger partial charge in [0.25, 0.3) is 12.0 Å². The number of alkyl halides is 2. The fraction of sp³-hybridized carbons (Fsp3) is 0.286. The number of aromatic amines is 1. The van der Waals surface area contributed by atoms with E-state index < -0.39 is 28.6 Å². The Bertz CT molecular complexity index is 529. The zero-order chi connectivity index (χ0) is 12.3. The summed E-state index contributed by atoms with van der Waals surface area (Å²) in [4.78, 5) is 12.5. The van der Waals surface area contributed by atoms with Crippen LogP contribution in [0.5, 0.6) is 0 Å². The Kier molecular flexibility index (Phi) is 4.00. The molecule has 0 fully saturated rings. The third-order valence-electron chi connectivity index (χ3n) is 1.57. The summed E-state index contributed by atoms with van der Waals surface area (Å²) in [5.74, 6) is 0. The van der Waals surface area contributed by atoms with Crippen molar-refractivity contribution in [3.63, 3.8) is 0 Å². The minimum Gasteiger partial charge on any atom is -0.326 e. The number of pyridine rings is 1. The van der Waals surface area contributed by atoms with Crippen molar-refractivity contribution < 1.29 is 17.2 Å². The van der Waals surface area contributed by atoms with E-state index in [0.717, 1.165) is 12.3 Å². The first kappa shape index (κ1) is 13.1. The van der Waals surface area contributed by atoms with Crippen LogP contribution < -0.4 is 10.3 Å². The van der Waals surface area contributed by atoms with E-state index in [-0.39, 0.29) is 9.92 Å². The summed E-state index contributed by atoms with van der Waals surface area (Å²) in [5.41, 5.74) is -0.658. The molecule has 0 saturated heterocycles. The van der Waals surface area contributed by atoms with E-state index in [1.165, 1.54) is 0 Å². The third kappa shape index (κ3) is 3.26. The molecule has 1 aromatic heterocycles. The van der Waals surface area contributed by atoms with Gasteiger partial charge < -0.3 is 4.98 Å². The van der Waals surface area contributed by atoms with E-state index >= 15 is 0 Å². The molecule has 0 aliphatic heterocycles. The van der Waals surface area contributed by atoms with Gasteiger partial charge in [-0.3, -0.25) is 4.79 Å². The zero-order valence-electron chi connectivity index (χ0n) is 7.71. The molecule has 0 saturated carbocycles. The van der Waals surface area contributed by atoms with Gasteiger partial charge in [-0.25, -0.2) is 21.9 Å². The first-order valence-electron chi connectivity index (χ1n) is 3.99. The summed E-state index contributed by atoms with van der Waals surface area (Å²) in [7, 11) is -4.08. The molecule has 0 aliphatic carbocycles. The first-order valence-corrected chi connectivity index (χ1v) is 5.85. The number of H-pyrrole nitrogens is 1. The highest BCUT2D eigenvalue weighted by Crippen LogP contribution is 2.10. The molecule has 9 heteroatoms. The van der Waals surface area contributed by atoms with E-state index in [1.54, 1.807) is 4.72 Å². The van der Waals surface area contributed by atoms with Crippen molar-refractivity contribution in [3.8, 4) is 0 Å². The number of hydrogen-bond donors (Lipinski definition) is 2. The molecule has 0 aromatic carbocycles. The van der Waals surface area contributed by atoms with Crippen molar-refractivity contribution in [2.45, 2.75) is 11.3 Å². The standard InChI is InChI=1S/C7H7ClF2N2O3S/c8-5-1-4(2-11-7(5)13)16(14,15)12-3-6(9)10/h1-2,6,12H,3H2,(H,11,13). The number of rotatable bonds is 4. The highest BCUT2D eigenvalue weighted by molar-refractivity contribution is 7.89. The van der Waals surface area contributed by atoms with Crippen molar-refractivity contribution in [2.75, 3.05) is 6.54 Å². The Hall–Kier alpha value is -0.990. The average Bonchev–Trinajstić information content (AvgIpc) is 2.19. The maximum atomic E-state index is 11.8. The van der Waals surface area contributed by atoms with Crippen molar-refractivity contribution in [2.24, 2.45) is 0 Å². The molecule has 1 rings (SSSR count).